The molecule has 34 heavy (non-hydrogen) atoms. The highest BCUT2D eigenvalue weighted by Gasteiger charge is 2.27. The van der Waals surface area contributed by atoms with Gasteiger partial charge in [-0.05, 0) is 25.8 Å². The van der Waals surface area contributed by atoms with Gasteiger partial charge in [-0.3, -0.25) is 4.79 Å². The van der Waals surface area contributed by atoms with Crippen molar-refractivity contribution < 1.29 is 19.4 Å². The molecule has 0 fully saturated rings. The predicted octanol–water partition coefficient (Wildman–Crippen LogP) is 1.95. The number of nitrogens with one attached hydrogen (secondary N) is 2. The molecule has 11 heteroatoms. The van der Waals surface area contributed by atoms with E-state index in [0.29, 0.717) is 28.1 Å². The Balaban J connectivity index is 1.99. The lowest BCUT2D eigenvalue weighted by Crippen LogP contribution is -2.42. The highest BCUT2D eigenvalue weighted by molar-refractivity contribution is 5.99. The predicted molar refractivity (Wildman–Crippen MR) is 124 cm³/mol. The first-order chi connectivity index (χ1) is 16.0. The fourth-order valence-electron chi connectivity index (χ4n) is 3.16. The average Bonchev–Trinajstić information content (AvgIpc) is 3.22. The van der Waals surface area contributed by atoms with E-state index >= 15 is 0 Å². The smallest absolute Gasteiger partial charge is 0.255 e. The quantitative estimate of drug-likeness (QED) is 0.372. The second-order valence-corrected chi connectivity index (χ2v) is 8.90. The van der Waals surface area contributed by atoms with Crippen LogP contribution in [0.15, 0.2) is 30.7 Å². The summed E-state index contributed by atoms with van der Waals surface area (Å²) in [5, 5.41) is 39.3. The van der Waals surface area contributed by atoms with Crippen molar-refractivity contribution in [3.8, 4) is 11.9 Å². The summed E-state index contributed by atoms with van der Waals surface area (Å²) in [6, 6.07) is 4.91. The van der Waals surface area contributed by atoms with Crippen LogP contribution in [0.1, 0.15) is 43.6 Å². The number of halogens is 1. The van der Waals surface area contributed by atoms with Crippen LogP contribution >= 0.6 is 0 Å². The first kappa shape index (κ1) is 25.0. The van der Waals surface area contributed by atoms with Crippen LogP contribution in [-0.2, 0) is 0 Å². The summed E-state index contributed by atoms with van der Waals surface area (Å²) in [4.78, 5) is 21.5. The molecule has 2 atom stereocenters. The van der Waals surface area contributed by atoms with E-state index in [1.165, 1.54) is 30.9 Å². The van der Waals surface area contributed by atoms with E-state index < -0.39 is 17.7 Å². The minimum absolute atomic E-state index is 0.0412. The van der Waals surface area contributed by atoms with Crippen molar-refractivity contribution in [2.75, 3.05) is 18.5 Å². The minimum Gasteiger partial charge on any atom is -0.394 e. The summed E-state index contributed by atoms with van der Waals surface area (Å²) >= 11 is 0. The highest BCUT2D eigenvalue weighted by atomic mass is 19.1. The van der Waals surface area contributed by atoms with Gasteiger partial charge in [0.2, 0.25) is 0 Å². The SMILES string of the molecule is CC(C)C(CO)Nc1cc(-n2ncc3cc(C#N)cnc32)ncc1C(=O)NCC(F)C(C)(C)O. The Hall–Kier alpha value is -3.62. The third kappa shape index (κ3) is 5.47. The molecule has 4 N–H and O–H groups in total. The molecular weight excluding hydrogens is 441 g/mol. The normalized spacial score (nSPS) is 13.5. The third-order valence-corrected chi connectivity index (χ3v) is 5.44. The van der Waals surface area contributed by atoms with Gasteiger partial charge in [-0.1, -0.05) is 13.8 Å². The Bertz CT molecular complexity index is 1210. The van der Waals surface area contributed by atoms with Gasteiger partial charge in [0.05, 0.1) is 47.8 Å². The van der Waals surface area contributed by atoms with Crippen LogP contribution in [0.5, 0.6) is 0 Å². The van der Waals surface area contributed by atoms with E-state index in [4.69, 9.17) is 5.26 Å². The lowest BCUT2D eigenvalue weighted by Gasteiger charge is -2.24. The number of aliphatic hydroxyl groups excluding tert-OH is 1. The van der Waals surface area contributed by atoms with Crippen LogP contribution in [0, 0.1) is 17.2 Å². The van der Waals surface area contributed by atoms with E-state index in [1.807, 2.05) is 19.9 Å². The zero-order chi connectivity index (χ0) is 25.0. The Labute approximate surface area is 196 Å². The maximum absolute atomic E-state index is 14.1. The number of carbonyl (C=O) groups excluding carboxylic acids is 1. The van der Waals surface area contributed by atoms with Gasteiger partial charge < -0.3 is 20.8 Å². The molecule has 0 aliphatic heterocycles. The molecule has 3 aromatic rings. The minimum atomic E-state index is -1.67. The second-order valence-electron chi connectivity index (χ2n) is 8.90. The molecule has 3 rings (SSSR count). The van der Waals surface area contributed by atoms with Crippen molar-refractivity contribution >= 4 is 22.6 Å². The number of aliphatic hydroxyl groups is 2. The lowest BCUT2D eigenvalue weighted by molar-refractivity contribution is -0.00177. The van der Waals surface area contributed by atoms with Gasteiger partial charge in [-0.25, -0.2) is 14.4 Å². The number of rotatable bonds is 9. The zero-order valence-corrected chi connectivity index (χ0v) is 19.4. The standard InChI is InChI=1S/C23H28FN7O3/c1-13(2)18(12-32)30-17-6-20(31-21-15(9-29-31)5-14(7-25)8-27-21)26-10-16(17)22(33)28-11-19(24)23(3,4)34/h5-6,8-10,13,18-19,32,34H,11-12H2,1-4H3,(H,26,30)(H,28,33). The molecule has 0 radical (unpaired) electrons. The Morgan fingerprint density at radius 3 is 2.62 bits per heavy atom. The second kappa shape index (κ2) is 10.1. The van der Waals surface area contributed by atoms with Gasteiger partial charge in [0.1, 0.15) is 12.2 Å². The first-order valence-electron chi connectivity index (χ1n) is 10.8. The lowest BCUT2D eigenvalue weighted by atomic mass is 10.0. The summed E-state index contributed by atoms with van der Waals surface area (Å²) in [5.74, 6) is -0.192. The molecule has 2 unspecified atom stereocenters. The monoisotopic (exact) mass is 469 g/mol. The van der Waals surface area contributed by atoms with Crippen molar-refractivity contribution in [1.82, 2.24) is 25.1 Å². The molecule has 10 nitrogen and oxygen atoms in total. The molecule has 0 aliphatic carbocycles. The van der Waals surface area contributed by atoms with Crippen LogP contribution in [-0.4, -0.2) is 66.8 Å². The van der Waals surface area contributed by atoms with Crippen molar-refractivity contribution in [2.45, 2.75) is 45.5 Å². The number of pyridine rings is 2. The number of aromatic nitrogens is 4. The molecular formula is C23H28FN7O3. The summed E-state index contributed by atoms with van der Waals surface area (Å²) in [6.07, 6.45) is 2.65. The summed E-state index contributed by atoms with van der Waals surface area (Å²) in [6.45, 7) is 5.93. The van der Waals surface area contributed by atoms with Crippen LogP contribution in [0.25, 0.3) is 16.9 Å². The zero-order valence-electron chi connectivity index (χ0n) is 19.4. The van der Waals surface area contributed by atoms with Crippen LogP contribution in [0.2, 0.25) is 0 Å². The van der Waals surface area contributed by atoms with Crippen LogP contribution < -0.4 is 10.6 Å². The molecule has 3 aromatic heterocycles. The average molecular weight is 470 g/mol. The molecule has 1 amide bonds. The van der Waals surface area contributed by atoms with Gasteiger partial charge in [0, 0.05) is 23.8 Å². The number of carbonyl (C=O) groups is 1. The maximum Gasteiger partial charge on any atom is 0.255 e. The number of nitrogens with zero attached hydrogens (tertiary/aromatic N) is 5. The Morgan fingerprint density at radius 1 is 1.26 bits per heavy atom. The van der Waals surface area contributed by atoms with Gasteiger partial charge in [-0.2, -0.15) is 15.0 Å². The molecule has 180 valence electrons. The number of amides is 1. The largest absolute Gasteiger partial charge is 0.394 e. The van der Waals surface area contributed by atoms with Crippen LogP contribution in [0.4, 0.5) is 10.1 Å². The molecule has 0 aliphatic rings. The number of fused-ring (bicyclic) bond motifs is 1. The molecule has 0 spiro atoms. The van der Waals surface area contributed by atoms with Gasteiger partial charge in [0.15, 0.2) is 11.5 Å². The maximum atomic E-state index is 14.1. The molecule has 3 heterocycles. The van der Waals surface area contributed by atoms with E-state index in [0.717, 1.165) is 0 Å². The number of hydrogen-bond acceptors (Lipinski definition) is 8. The molecule has 0 aromatic carbocycles. The first-order valence-corrected chi connectivity index (χ1v) is 10.8. The van der Waals surface area contributed by atoms with Gasteiger partial charge in [-0.15, -0.1) is 0 Å². The van der Waals surface area contributed by atoms with E-state index in [-0.39, 0.29) is 30.7 Å². The Morgan fingerprint density at radius 2 is 2.00 bits per heavy atom. The van der Waals surface area contributed by atoms with E-state index in [2.05, 4.69) is 25.7 Å². The molecule has 0 saturated carbocycles. The third-order valence-electron chi connectivity index (χ3n) is 5.44. The summed E-state index contributed by atoms with van der Waals surface area (Å²) in [7, 11) is 0. The van der Waals surface area contributed by atoms with E-state index in [9.17, 15) is 19.4 Å². The molecule has 0 bridgehead atoms. The fraction of sp³-hybridized carbons (Fsp3) is 0.435. The van der Waals surface area contributed by atoms with Crippen molar-refractivity contribution in [1.29, 1.82) is 5.26 Å². The highest BCUT2D eigenvalue weighted by Crippen LogP contribution is 2.23. The summed E-state index contributed by atoms with van der Waals surface area (Å²) < 4.78 is 15.6. The van der Waals surface area contributed by atoms with Gasteiger partial charge >= 0.3 is 0 Å². The topological polar surface area (TPSA) is 149 Å². The van der Waals surface area contributed by atoms with Crippen molar-refractivity contribution in [2.24, 2.45) is 5.92 Å². The summed E-state index contributed by atoms with van der Waals surface area (Å²) in [5.41, 5.74) is -0.222. The van der Waals surface area contributed by atoms with E-state index in [1.54, 1.807) is 18.3 Å². The fourth-order valence-corrected chi connectivity index (χ4v) is 3.16. The number of nitriles is 1. The number of hydrogen-bond donors (Lipinski definition) is 4. The number of anilines is 1. The van der Waals surface area contributed by atoms with Gasteiger partial charge in [0.25, 0.3) is 5.91 Å². The Kier molecular flexibility index (Phi) is 7.44. The van der Waals surface area contributed by atoms with Crippen LogP contribution in [0.3, 0.4) is 0 Å². The molecule has 0 saturated heterocycles. The van der Waals surface area contributed by atoms with Crippen molar-refractivity contribution in [3.63, 3.8) is 0 Å². The number of alkyl halides is 1. The van der Waals surface area contributed by atoms with Crippen molar-refractivity contribution in [3.05, 3.63) is 41.9 Å².